The Labute approximate surface area is 194 Å². The molecule has 0 radical (unpaired) electrons. The van der Waals surface area contributed by atoms with Gasteiger partial charge in [-0.25, -0.2) is 0 Å². The smallest absolute Gasteiger partial charge is 0.243 e. The number of hydrogen-bond donors (Lipinski definition) is 0. The molecule has 2 fully saturated rings. The summed E-state index contributed by atoms with van der Waals surface area (Å²) in [6.07, 6.45) is 5.41. The van der Waals surface area contributed by atoms with E-state index in [2.05, 4.69) is 21.8 Å². The van der Waals surface area contributed by atoms with E-state index in [0.717, 1.165) is 44.7 Å². The third-order valence-corrected chi connectivity index (χ3v) is 7.66. The number of halogens is 2. The lowest BCUT2D eigenvalue weighted by Gasteiger charge is -2.41. The fourth-order valence-electron chi connectivity index (χ4n) is 4.63. The molecule has 0 bridgehead atoms. The minimum Gasteiger partial charge on any atom is -0.495 e. The van der Waals surface area contributed by atoms with Crippen LogP contribution < -0.4 is 9.64 Å². The molecule has 2 atom stereocenters. The van der Waals surface area contributed by atoms with Crippen LogP contribution in [0.15, 0.2) is 23.3 Å². The predicted molar refractivity (Wildman–Crippen MR) is 125 cm³/mol. The van der Waals surface area contributed by atoms with Gasteiger partial charge in [-0.3, -0.25) is 14.7 Å². The maximum Gasteiger partial charge on any atom is 0.243 e. The van der Waals surface area contributed by atoms with Crippen molar-refractivity contribution in [3.8, 4) is 5.75 Å². The SMILES string of the molecule is COc1cc(N2CCN(C(=O)CN3N=CC(Cl)(N4CCCCC4)C3C)CC2)ccc1Cl. The zero-order valence-electron chi connectivity index (χ0n) is 18.3. The van der Waals surface area contributed by atoms with Crippen molar-refractivity contribution >= 4 is 41.0 Å². The van der Waals surface area contributed by atoms with Gasteiger partial charge >= 0.3 is 0 Å². The Hall–Kier alpha value is -1.70. The summed E-state index contributed by atoms with van der Waals surface area (Å²) < 4.78 is 5.32. The number of ether oxygens (including phenoxy) is 1. The average molecular weight is 468 g/mol. The summed E-state index contributed by atoms with van der Waals surface area (Å²) in [5.41, 5.74) is 1.06. The summed E-state index contributed by atoms with van der Waals surface area (Å²) in [4.78, 5) is 18.8. The van der Waals surface area contributed by atoms with Crippen LogP contribution in [0, 0.1) is 0 Å². The highest BCUT2D eigenvalue weighted by atomic mass is 35.5. The lowest BCUT2D eigenvalue weighted by Crippen LogP contribution is -2.57. The van der Waals surface area contributed by atoms with Gasteiger partial charge in [0.1, 0.15) is 12.3 Å². The number of carbonyl (C=O) groups is 1. The lowest BCUT2D eigenvalue weighted by atomic mass is 10.0. The van der Waals surface area contributed by atoms with Crippen LogP contribution in [0.2, 0.25) is 5.02 Å². The van der Waals surface area contributed by atoms with E-state index in [0.29, 0.717) is 23.9 Å². The summed E-state index contributed by atoms with van der Waals surface area (Å²) in [7, 11) is 1.62. The molecule has 3 heterocycles. The summed E-state index contributed by atoms with van der Waals surface area (Å²) in [5, 5.41) is 6.97. The van der Waals surface area contributed by atoms with Crippen molar-refractivity contribution < 1.29 is 9.53 Å². The van der Waals surface area contributed by atoms with Crippen molar-refractivity contribution in [2.75, 3.05) is 57.8 Å². The second-order valence-corrected chi connectivity index (χ2v) is 9.49. The average Bonchev–Trinajstić information content (AvgIpc) is 3.09. The van der Waals surface area contributed by atoms with E-state index in [4.69, 9.17) is 27.9 Å². The number of piperazine rings is 1. The largest absolute Gasteiger partial charge is 0.495 e. The Balaban J connectivity index is 1.31. The lowest BCUT2D eigenvalue weighted by molar-refractivity contribution is -0.133. The Morgan fingerprint density at radius 2 is 1.87 bits per heavy atom. The molecule has 1 aromatic carbocycles. The Kier molecular flexibility index (Phi) is 6.84. The first-order valence-corrected chi connectivity index (χ1v) is 11.8. The fourth-order valence-corrected chi connectivity index (χ4v) is 5.15. The van der Waals surface area contributed by atoms with Gasteiger partial charge in [0.05, 0.1) is 24.4 Å². The molecule has 2 saturated heterocycles. The third-order valence-electron chi connectivity index (χ3n) is 6.69. The molecule has 3 aliphatic rings. The van der Waals surface area contributed by atoms with E-state index in [1.807, 2.05) is 34.3 Å². The van der Waals surface area contributed by atoms with E-state index in [1.54, 1.807) is 7.11 Å². The van der Waals surface area contributed by atoms with Gasteiger partial charge in [-0.15, -0.1) is 0 Å². The van der Waals surface area contributed by atoms with E-state index >= 15 is 0 Å². The number of methoxy groups -OCH3 is 1. The molecule has 7 nitrogen and oxygen atoms in total. The van der Waals surface area contributed by atoms with Crippen molar-refractivity contribution in [3.63, 3.8) is 0 Å². The highest BCUT2D eigenvalue weighted by Gasteiger charge is 2.46. The predicted octanol–water partition coefficient (Wildman–Crippen LogP) is 3.11. The number of carbonyl (C=O) groups excluding carboxylic acids is 1. The number of likely N-dealkylation sites (tertiary alicyclic amines) is 1. The van der Waals surface area contributed by atoms with Crippen LogP contribution in [0.4, 0.5) is 5.69 Å². The maximum absolute atomic E-state index is 13.0. The molecule has 2 unspecified atom stereocenters. The minimum absolute atomic E-state index is 0.0426. The molecule has 1 aromatic rings. The number of hydrazone groups is 1. The molecular weight excluding hydrogens is 437 g/mol. The van der Waals surface area contributed by atoms with Gasteiger partial charge in [-0.05, 0) is 31.9 Å². The number of piperidine rings is 1. The zero-order chi connectivity index (χ0) is 22.0. The van der Waals surface area contributed by atoms with Crippen LogP contribution >= 0.6 is 23.2 Å². The topological polar surface area (TPSA) is 51.6 Å². The molecule has 3 aliphatic heterocycles. The van der Waals surface area contributed by atoms with Crippen LogP contribution in [0.3, 0.4) is 0 Å². The van der Waals surface area contributed by atoms with Gasteiger partial charge < -0.3 is 14.5 Å². The quantitative estimate of drug-likeness (QED) is 0.491. The highest BCUT2D eigenvalue weighted by Crippen LogP contribution is 2.34. The molecule has 31 heavy (non-hydrogen) atoms. The molecule has 4 rings (SSSR count). The second-order valence-electron chi connectivity index (χ2n) is 8.48. The van der Waals surface area contributed by atoms with Gasteiger partial charge in [0.25, 0.3) is 0 Å². The fraction of sp³-hybridized carbons (Fsp3) is 0.636. The number of alkyl halides is 1. The zero-order valence-corrected chi connectivity index (χ0v) is 19.8. The maximum atomic E-state index is 13.0. The number of hydrogen-bond acceptors (Lipinski definition) is 6. The number of nitrogens with zero attached hydrogens (tertiary/aromatic N) is 5. The Morgan fingerprint density at radius 3 is 2.55 bits per heavy atom. The molecule has 0 spiro atoms. The van der Waals surface area contributed by atoms with E-state index in [9.17, 15) is 4.79 Å². The first-order valence-electron chi connectivity index (χ1n) is 11.0. The van der Waals surface area contributed by atoms with E-state index in [-0.39, 0.29) is 18.5 Å². The molecule has 9 heteroatoms. The molecule has 0 N–H and O–H groups in total. The molecule has 170 valence electrons. The van der Waals surface area contributed by atoms with E-state index < -0.39 is 5.00 Å². The van der Waals surface area contributed by atoms with Crippen molar-refractivity contribution in [1.82, 2.24) is 14.8 Å². The van der Waals surface area contributed by atoms with Gasteiger partial charge in [-0.2, -0.15) is 5.10 Å². The van der Waals surface area contributed by atoms with Crippen LogP contribution in [0.1, 0.15) is 26.2 Å². The Bertz CT molecular complexity index is 824. The van der Waals surface area contributed by atoms with Crippen molar-refractivity contribution in [3.05, 3.63) is 23.2 Å². The monoisotopic (exact) mass is 467 g/mol. The molecule has 1 amide bonds. The number of anilines is 1. The van der Waals surface area contributed by atoms with Crippen LogP contribution in [0.5, 0.6) is 5.75 Å². The normalized spacial score (nSPS) is 27.1. The van der Waals surface area contributed by atoms with Crippen molar-refractivity contribution in [1.29, 1.82) is 0 Å². The minimum atomic E-state index is -0.618. The first-order chi connectivity index (χ1) is 14.9. The Morgan fingerprint density at radius 1 is 1.16 bits per heavy atom. The van der Waals surface area contributed by atoms with Crippen LogP contribution in [-0.4, -0.2) is 90.9 Å². The van der Waals surface area contributed by atoms with Gasteiger partial charge in [0.15, 0.2) is 5.00 Å². The van der Waals surface area contributed by atoms with Gasteiger partial charge in [0.2, 0.25) is 5.91 Å². The summed E-state index contributed by atoms with van der Waals surface area (Å²) in [6, 6.07) is 5.74. The standard InChI is InChI=1S/C22H31Cl2N5O2/c1-17-22(24,28-8-4-3-5-9-28)16-25-29(17)15-21(30)27-12-10-26(11-13-27)18-6-7-19(23)20(14-18)31-2/h6-7,14,16-17H,3-5,8-13,15H2,1-2H3. The van der Waals surface area contributed by atoms with Crippen LogP contribution in [-0.2, 0) is 4.79 Å². The van der Waals surface area contributed by atoms with Gasteiger partial charge in [0, 0.05) is 51.0 Å². The summed E-state index contributed by atoms with van der Waals surface area (Å²) >= 11 is 13.1. The molecule has 0 aromatic heterocycles. The first kappa shape index (κ1) is 22.5. The number of benzene rings is 1. The molecule has 0 saturated carbocycles. The third kappa shape index (κ3) is 4.59. The number of rotatable bonds is 5. The second kappa shape index (κ2) is 9.43. The van der Waals surface area contributed by atoms with Crippen LogP contribution in [0.25, 0.3) is 0 Å². The molecule has 0 aliphatic carbocycles. The van der Waals surface area contributed by atoms with Crippen molar-refractivity contribution in [2.45, 2.75) is 37.2 Å². The highest BCUT2D eigenvalue weighted by molar-refractivity contribution is 6.33. The summed E-state index contributed by atoms with van der Waals surface area (Å²) in [5.74, 6) is 0.758. The number of amides is 1. The summed E-state index contributed by atoms with van der Waals surface area (Å²) in [6.45, 7) is 7.17. The van der Waals surface area contributed by atoms with Crippen molar-refractivity contribution in [2.24, 2.45) is 5.10 Å². The van der Waals surface area contributed by atoms with E-state index in [1.165, 1.54) is 6.42 Å². The molecular formula is C22H31Cl2N5O2. The van der Waals surface area contributed by atoms with Gasteiger partial charge in [-0.1, -0.05) is 29.6 Å².